The van der Waals surface area contributed by atoms with Gasteiger partial charge in [0.25, 0.3) is 5.91 Å². The van der Waals surface area contributed by atoms with E-state index >= 15 is 0 Å². The van der Waals surface area contributed by atoms with E-state index in [0.29, 0.717) is 24.7 Å². The third-order valence-corrected chi connectivity index (χ3v) is 3.67. The Hall–Kier alpha value is -2.11. The van der Waals surface area contributed by atoms with Crippen molar-refractivity contribution >= 4 is 11.9 Å². The van der Waals surface area contributed by atoms with Crippen molar-refractivity contribution in [2.75, 3.05) is 0 Å². The first-order valence-electron chi connectivity index (χ1n) is 6.79. The van der Waals surface area contributed by atoms with Crippen molar-refractivity contribution in [2.24, 2.45) is 5.92 Å². The highest BCUT2D eigenvalue weighted by Gasteiger charge is 2.30. The maximum atomic E-state index is 12.0. The van der Waals surface area contributed by atoms with Crippen LogP contribution in [0.5, 0.6) is 0 Å². The van der Waals surface area contributed by atoms with Crippen LogP contribution in [0.3, 0.4) is 0 Å². The Bertz CT molecular complexity index is 559. The second-order valence-electron chi connectivity index (χ2n) is 5.36. The lowest BCUT2D eigenvalue weighted by atomic mass is 9.91. The smallest absolute Gasteiger partial charge is 0.306 e. The molecule has 6 heteroatoms. The zero-order valence-electron chi connectivity index (χ0n) is 10.9. The normalized spacial score (nSPS) is 25.4. The van der Waals surface area contributed by atoms with Gasteiger partial charge >= 0.3 is 5.97 Å². The van der Waals surface area contributed by atoms with Gasteiger partial charge < -0.3 is 14.8 Å². The summed E-state index contributed by atoms with van der Waals surface area (Å²) in [4.78, 5) is 27.2. The summed E-state index contributed by atoms with van der Waals surface area (Å²) in [6.45, 7) is 0. The number of allylic oxidation sites excluding steroid dienone is 1. The van der Waals surface area contributed by atoms with E-state index in [0.717, 1.165) is 12.8 Å². The molecule has 1 heterocycles. The van der Waals surface area contributed by atoms with Crippen molar-refractivity contribution in [2.45, 2.75) is 37.6 Å². The largest absolute Gasteiger partial charge is 0.481 e. The van der Waals surface area contributed by atoms with Crippen LogP contribution < -0.4 is 5.32 Å². The molecule has 0 aliphatic heterocycles. The van der Waals surface area contributed by atoms with E-state index < -0.39 is 11.9 Å². The fourth-order valence-corrected chi connectivity index (χ4v) is 2.35. The molecule has 1 fully saturated rings. The number of carbonyl (C=O) groups excluding carboxylic acids is 1. The van der Waals surface area contributed by atoms with Gasteiger partial charge in [0.15, 0.2) is 11.6 Å². The second kappa shape index (κ2) is 5.11. The molecule has 2 aliphatic rings. The highest BCUT2D eigenvalue weighted by atomic mass is 16.4. The highest BCUT2D eigenvalue weighted by Crippen LogP contribution is 2.39. The van der Waals surface area contributed by atoms with Crippen LogP contribution >= 0.6 is 0 Å². The minimum Gasteiger partial charge on any atom is -0.481 e. The van der Waals surface area contributed by atoms with Crippen molar-refractivity contribution < 1.29 is 19.1 Å². The van der Waals surface area contributed by atoms with Gasteiger partial charge in [-0.2, -0.15) is 0 Å². The van der Waals surface area contributed by atoms with E-state index in [-0.39, 0.29) is 17.6 Å². The summed E-state index contributed by atoms with van der Waals surface area (Å²) >= 11 is 0. The quantitative estimate of drug-likeness (QED) is 0.816. The van der Waals surface area contributed by atoms with Gasteiger partial charge in [0.2, 0.25) is 0 Å². The molecule has 0 aromatic carbocycles. The first-order valence-corrected chi connectivity index (χ1v) is 6.79. The summed E-state index contributed by atoms with van der Waals surface area (Å²) in [6, 6.07) is -0.265. The Morgan fingerprint density at radius 1 is 1.40 bits per heavy atom. The number of nitrogens with zero attached hydrogens (tertiary/aromatic N) is 1. The van der Waals surface area contributed by atoms with Crippen LogP contribution in [0, 0.1) is 5.92 Å². The van der Waals surface area contributed by atoms with Gasteiger partial charge in [-0.1, -0.05) is 12.2 Å². The lowest BCUT2D eigenvalue weighted by Gasteiger charge is -2.22. The minimum atomic E-state index is -0.828. The predicted molar refractivity (Wildman–Crippen MR) is 69.2 cm³/mol. The minimum absolute atomic E-state index is 0.262. The SMILES string of the molecule is O=C(N[C@@H]1C=CC[C@@H](C(=O)O)C1)c1coc(C2CC2)n1. The monoisotopic (exact) mass is 276 g/mol. The summed E-state index contributed by atoms with van der Waals surface area (Å²) in [6.07, 6.45) is 8.04. The number of carboxylic acids is 1. The molecule has 2 N–H and O–H groups in total. The van der Waals surface area contributed by atoms with Crippen molar-refractivity contribution in [1.82, 2.24) is 10.3 Å². The number of oxazole rings is 1. The molecule has 1 amide bonds. The number of aromatic nitrogens is 1. The highest BCUT2D eigenvalue weighted by molar-refractivity contribution is 5.92. The molecular formula is C14H16N2O4. The molecule has 2 atom stereocenters. The Balaban J connectivity index is 1.61. The van der Waals surface area contributed by atoms with Gasteiger partial charge in [-0.25, -0.2) is 4.98 Å². The first kappa shape index (κ1) is 12.9. The molecule has 0 unspecified atom stereocenters. The van der Waals surface area contributed by atoms with Gasteiger partial charge in [-0.15, -0.1) is 0 Å². The van der Waals surface area contributed by atoms with Crippen LogP contribution in [0.15, 0.2) is 22.8 Å². The number of hydrogen-bond acceptors (Lipinski definition) is 4. The van der Waals surface area contributed by atoms with E-state index in [1.54, 1.807) is 6.08 Å². The van der Waals surface area contributed by atoms with Gasteiger partial charge in [0, 0.05) is 12.0 Å². The second-order valence-corrected chi connectivity index (χ2v) is 5.36. The summed E-state index contributed by atoms with van der Waals surface area (Å²) in [7, 11) is 0. The number of carboxylic acid groups (broad SMARTS) is 1. The molecule has 0 radical (unpaired) electrons. The summed E-state index contributed by atoms with van der Waals surface area (Å²) in [5.41, 5.74) is 0.262. The average molecular weight is 276 g/mol. The van der Waals surface area contributed by atoms with Gasteiger partial charge in [0.1, 0.15) is 6.26 Å². The maximum absolute atomic E-state index is 12.0. The molecule has 1 saturated carbocycles. The van der Waals surface area contributed by atoms with Crippen molar-refractivity contribution in [3.8, 4) is 0 Å². The predicted octanol–water partition coefficient (Wildman–Crippen LogP) is 1.70. The fraction of sp³-hybridized carbons (Fsp3) is 0.500. The molecule has 2 aliphatic carbocycles. The molecule has 0 bridgehead atoms. The summed E-state index contributed by atoms with van der Waals surface area (Å²) in [5.74, 6) is -0.600. The molecule has 6 nitrogen and oxygen atoms in total. The zero-order valence-corrected chi connectivity index (χ0v) is 10.9. The van der Waals surface area contributed by atoms with Crippen LogP contribution in [0.1, 0.15) is 48.0 Å². The maximum Gasteiger partial charge on any atom is 0.306 e. The number of rotatable bonds is 4. The summed E-state index contributed by atoms with van der Waals surface area (Å²) in [5, 5.41) is 11.8. The Morgan fingerprint density at radius 3 is 2.90 bits per heavy atom. The number of aliphatic carboxylic acids is 1. The van der Waals surface area contributed by atoms with E-state index in [9.17, 15) is 9.59 Å². The molecule has 20 heavy (non-hydrogen) atoms. The van der Waals surface area contributed by atoms with Crippen LogP contribution in [-0.4, -0.2) is 28.0 Å². The van der Waals surface area contributed by atoms with Gasteiger partial charge in [-0.3, -0.25) is 9.59 Å². The lowest BCUT2D eigenvalue weighted by molar-refractivity contribution is -0.142. The fourth-order valence-electron chi connectivity index (χ4n) is 2.35. The van der Waals surface area contributed by atoms with Gasteiger partial charge in [0.05, 0.1) is 5.92 Å². The molecule has 0 spiro atoms. The van der Waals surface area contributed by atoms with Crippen LogP contribution in [0.4, 0.5) is 0 Å². The number of amides is 1. The first-order chi connectivity index (χ1) is 9.63. The molecule has 1 aromatic heterocycles. The van der Waals surface area contributed by atoms with E-state index in [2.05, 4.69) is 10.3 Å². The van der Waals surface area contributed by atoms with E-state index in [4.69, 9.17) is 9.52 Å². The zero-order chi connectivity index (χ0) is 14.1. The Kier molecular flexibility index (Phi) is 3.30. The molecule has 0 saturated heterocycles. The standard InChI is InChI=1S/C14H16N2O4/c17-12(11-7-20-13(16-11)8-4-5-8)15-10-3-1-2-9(6-10)14(18)19/h1,3,7-10H,2,4-6H2,(H,15,17)(H,18,19)/t9-,10-/m1/s1. The van der Waals surface area contributed by atoms with Crippen molar-refractivity contribution in [1.29, 1.82) is 0 Å². The average Bonchev–Trinajstić information content (AvgIpc) is 3.16. The Labute approximate surface area is 115 Å². The third-order valence-electron chi connectivity index (χ3n) is 3.67. The lowest BCUT2D eigenvalue weighted by Crippen LogP contribution is -2.37. The summed E-state index contributed by atoms with van der Waals surface area (Å²) < 4.78 is 5.27. The Morgan fingerprint density at radius 2 is 2.20 bits per heavy atom. The molecular weight excluding hydrogens is 260 g/mol. The van der Waals surface area contributed by atoms with Crippen LogP contribution in [0.2, 0.25) is 0 Å². The number of nitrogens with one attached hydrogen (secondary N) is 1. The van der Waals surface area contributed by atoms with E-state index in [1.807, 2.05) is 6.08 Å². The van der Waals surface area contributed by atoms with Gasteiger partial charge in [-0.05, 0) is 25.7 Å². The number of carbonyl (C=O) groups is 2. The molecule has 3 rings (SSSR count). The third kappa shape index (κ3) is 2.74. The van der Waals surface area contributed by atoms with Crippen molar-refractivity contribution in [3.63, 3.8) is 0 Å². The van der Waals surface area contributed by atoms with E-state index in [1.165, 1.54) is 6.26 Å². The molecule has 1 aromatic rings. The van der Waals surface area contributed by atoms with Crippen LogP contribution in [-0.2, 0) is 4.79 Å². The topological polar surface area (TPSA) is 92.4 Å². The molecule has 106 valence electrons. The number of hydrogen-bond donors (Lipinski definition) is 2. The van der Waals surface area contributed by atoms with Crippen LogP contribution in [0.25, 0.3) is 0 Å². The van der Waals surface area contributed by atoms with Crippen molar-refractivity contribution in [3.05, 3.63) is 30.0 Å².